The van der Waals surface area contributed by atoms with E-state index in [2.05, 4.69) is 53.3 Å². The molecule has 3 rings (SSSR count). The van der Waals surface area contributed by atoms with Crippen LogP contribution >= 0.6 is 46.6 Å². The number of nitrogens with one attached hydrogen (secondary N) is 2. The van der Waals surface area contributed by atoms with Crippen LogP contribution in [-0.2, 0) is 3.79 Å². The summed E-state index contributed by atoms with van der Waals surface area (Å²) in [6.45, 7) is 8.78. The van der Waals surface area contributed by atoms with Gasteiger partial charge in [0.1, 0.15) is 0 Å². The van der Waals surface area contributed by atoms with Crippen molar-refractivity contribution < 1.29 is 0 Å². The Morgan fingerprint density at radius 2 is 1.59 bits per heavy atom. The van der Waals surface area contributed by atoms with Gasteiger partial charge in [-0.25, -0.2) is 4.98 Å². The average molecular weight is 475 g/mol. The number of benzene rings is 1. The monoisotopic (exact) mass is 473 g/mol. The van der Waals surface area contributed by atoms with Crippen LogP contribution in [0.1, 0.15) is 46.4 Å². The molecule has 0 spiro atoms. The first kappa shape index (κ1) is 22.9. The van der Waals surface area contributed by atoms with Gasteiger partial charge in [0, 0.05) is 27.6 Å². The molecule has 0 amide bonds. The van der Waals surface area contributed by atoms with Gasteiger partial charge in [0.05, 0.1) is 0 Å². The van der Waals surface area contributed by atoms with Gasteiger partial charge in [0.2, 0.25) is 9.74 Å². The fourth-order valence-electron chi connectivity index (χ4n) is 4.04. The lowest BCUT2D eigenvalue weighted by Crippen LogP contribution is -2.60. The number of hydrogen-bond donors (Lipinski definition) is 2. The fourth-order valence-corrected chi connectivity index (χ4v) is 4.71. The highest BCUT2D eigenvalue weighted by molar-refractivity contribution is 7.98. The van der Waals surface area contributed by atoms with E-state index in [-0.39, 0.29) is 22.9 Å². The molecular formula is C20H26Cl3N5S. The van der Waals surface area contributed by atoms with Crippen LogP contribution in [0.2, 0.25) is 0 Å². The lowest BCUT2D eigenvalue weighted by Gasteiger charge is -2.46. The minimum atomic E-state index is -1.74. The number of anilines is 1. The van der Waals surface area contributed by atoms with Crippen molar-refractivity contribution in [3.8, 4) is 11.4 Å². The highest BCUT2D eigenvalue weighted by Gasteiger charge is 2.38. The van der Waals surface area contributed by atoms with Crippen LogP contribution in [0.5, 0.6) is 0 Å². The van der Waals surface area contributed by atoms with Crippen molar-refractivity contribution in [1.29, 1.82) is 0 Å². The smallest absolute Gasteiger partial charge is 0.250 e. The van der Waals surface area contributed by atoms with Gasteiger partial charge in [0.25, 0.3) is 0 Å². The van der Waals surface area contributed by atoms with Crippen molar-refractivity contribution in [3.63, 3.8) is 0 Å². The van der Waals surface area contributed by atoms with Gasteiger partial charge in [-0.2, -0.15) is 9.97 Å². The quantitative estimate of drug-likeness (QED) is 0.431. The van der Waals surface area contributed by atoms with Crippen molar-refractivity contribution in [3.05, 3.63) is 30.1 Å². The number of piperidine rings is 1. The SMILES string of the molecule is CSc1ccc(-c2nc(NC3CC(C)(C)NC(C)(C)C3)nc(C(Cl)(Cl)Cl)n2)cc1. The molecule has 5 nitrogen and oxygen atoms in total. The van der Waals surface area contributed by atoms with E-state index in [0.29, 0.717) is 11.8 Å². The number of nitrogens with zero attached hydrogens (tertiary/aromatic N) is 3. The Labute approximate surface area is 191 Å². The van der Waals surface area contributed by atoms with Crippen LogP contribution in [0.4, 0.5) is 5.95 Å². The van der Waals surface area contributed by atoms with Gasteiger partial charge >= 0.3 is 0 Å². The topological polar surface area (TPSA) is 62.7 Å². The molecule has 29 heavy (non-hydrogen) atoms. The van der Waals surface area contributed by atoms with Gasteiger partial charge in [-0.1, -0.05) is 46.9 Å². The van der Waals surface area contributed by atoms with E-state index in [1.165, 1.54) is 0 Å². The molecule has 2 N–H and O–H groups in total. The predicted molar refractivity (Wildman–Crippen MR) is 124 cm³/mol. The maximum absolute atomic E-state index is 6.11. The fraction of sp³-hybridized carbons (Fsp3) is 0.550. The van der Waals surface area contributed by atoms with Gasteiger partial charge in [0.15, 0.2) is 11.6 Å². The lowest BCUT2D eigenvalue weighted by atomic mass is 9.80. The Bertz CT molecular complexity index is 849. The van der Waals surface area contributed by atoms with Crippen LogP contribution in [0.3, 0.4) is 0 Å². The zero-order valence-corrected chi connectivity index (χ0v) is 20.3. The number of alkyl halides is 3. The third-order valence-corrected chi connectivity index (χ3v) is 6.01. The molecular weight excluding hydrogens is 449 g/mol. The second kappa shape index (κ2) is 8.39. The Hall–Kier alpha value is -0.790. The average Bonchev–Trinajstić information content (AvgIpc) is 2.58. The number of rotatable bonds is 4. The summed E-state index contributed by atoms with van der Waals surface area (Å²) >= 11 is 20.0. The maximum Gasteiger partial charge on any atom is 0.250 e. The standard InChI is InChI=1S/C20H26Cl3N5S/c1-18(2)10-13(11-19(3,4)28-18)24-17-26-15(25-16(27-17)20(21,22)23)12-6-8-14(29-5)9-7-12/h6-9,13,28H,10-11H2,1-5H3,(H,24,25,26,27). The van der Waals surface area contributed by atoms with Crippen LogP contribution in [-0.4, -0.2) is 38.3 Å². The minimum Gasteiger partial charge on any atom is -0.351 e. The van der Waals surface area contributed by atoms with Gasteiger partial charge < -0.3 is 10.6 Å². The summed E-state index contributed by atoms with van der Waals surface area (Å²) in [5, 5.41) is 7.13. The van der Waals surface area contributed by atoms with Gasteiger partial charge in [-0.3, -0.25) is 0 Å². The van der Waals surface area contributed by atoms with Crippen molar-refractivity contribution in [2.45, 2.75) is 66.3 Å². The first-order valence-electron chi connectivity index (χ1n) is 9.40. The molecule has 0 radical (unpaired) electrons. The summed E-state index contributed by atoms with van der Waals surface area (Å²) in [5.41, 5.74) is 0.816. The molecule has 158 valence electrons. The van der Waals surface area contributed by atoms with E-state index in [4.69, 9.17) is 34.8 Å². The number of hydrogen-bond acceptors (Lipinski definition) is 6. The molecule has 0 aliphatic carbocycles. The minimum absolute atomic E-state index is 0.0129. The third kappa shape index (κ3) is 6.11. The molecule has 1 aromatic heterocycles. The van der Waals surface area contributed by atoms with Crippen LogP contribution < -0.4 is 10.6 Å². The van der Waals surface area contributed by atoms with Crippen LogP contribution in [0, 0.1) is 0 Å². The maximum atomic E-state index is 6.11. The molecule has 0 saturated carbocycles. The number of halogens is 3. The summed E-state index contributed by atoms with van der Waals surface area (Å²) in [6, 6.07) is 8.14. The van der Waals surface area contributed by atoms with Crippen molar-refractivity contribution in [2.75, 3.05) is 11.6 Å². The first-order chi connectivity index (χ1) is 13.4. The molecule has 0 bridgehead atoms. The Kier molecular flexibility index (Phi) is 6.62. The molecule has 2 heterocycles. The summed E-state index contributed by atoms with van der Waals surface area (Å²) in [7, 11) is 0. The Balaban J connectivity index is 1.95. The Morgan fingerprint density at radius 1 is 1.00 bits per heavy atom. The normalized spacial score (nSPS) is 19.2. The summed E-state index contributed by atoms with van der Waals surface area (Å²) in [4.78, 5) is 14.6. The van der Waals surface area contributed by atoms with Gasteiger partial charge in [-0.05, 0) is 58.9 Å². The molecule has 9 heteroatoms. The zero-order chi connectivity index (χ0) is 21.4. The predicted octanol–water partition coefficient (Wildman–Crippen LogP) is 5.81. The largest absolute Gasteiger partial charge is 0.351 e. The van der Waals surface area contributed by atoms with E-state index in [0.717, 1.165) is 23.3 Å². The Morgan fingerprint density at radius 3 is 2.10 bits per heavy atom. The molecule has 1 saturated heterocycles. The molecule has 1 fully saturated rings. The molecule has 1 aliphatic rings. The highest BCUT2D eigenvalue weighted by atomic mass is 35.6. The van der Waals surface area contributed by atoms with Crippen molar-refractivity contribution >= 4 is 52.5 Å². The van der Waals surface area contributed by atoms with Crippen molar-refractivity contribution in [1.82, 2.24) is 20.3 Å². The third-order valence-electron chi connectivity index (χ3n) is 4.76. The van der Waals surface area contributed by atoms with Crippen molar-refractivity contribution in [2.24, 2.45) is 0 Å². The lowest BCUT2D eigenvalue weighted by molar-refractivity contribution is 0.170. The second-order valence-corrected chi connectivity index (χ2v) is 11.8. The van der Waals surface area contributed by atoms with E-state index >= 15 is 0 Å². The number of thioether (sulfide) groups is 1. The summed E-state index contributed by atoms with van der Waals surface area (Å²) in [5.74, 6) is 1.00. The first-order valence-corrected chi connectivity index (χ1v) is 11.8. The van der Waals surface area contributed by atoms with Crippen LogP contribution in [0.25, 0.3) is 11.4 Å². The molecule has 0 atom stereocenters. The van der Waals surface area contributed by atoms with Gasteiger partial charge in [-0.15, -0.1) is 11.8 Å². The van der Waals surface area contributed by atoms with E-state index in [9.17, 15) is 0 Å². The van der Waals surface area contributed by atoms with Crippen LogP contribution in [0.15, 0.2) is 29.2 Å². The highest BCUT2D eigenvalue weighted by Crippen LogP contribution is 2.37. The van der Waals surface area contributed by atoms with E-state index < -0.39 is 3.79 Å². The summed E-state index contributed by atoms with van der Waals surface area (Å²) in [6.07, 6.45) is 3.87. The summed E-state index contributed by atoms with van der Waals surface area (Å²) < 4.78 is -1.74. The molecule has 2 aromatic rings. The van der Waals surface area contributed by atoms with E-state index in [1.54, 1.807) is 11.8 Å². The zero-order valence-electron chi connectivity index (χ0n) is 17.2. The number of aromatic nitrogens is 3. The molecule has 1 aromatic carbocycles. The molecule has 0 unspecified atom stereocenters. The second-order valence-electron chi connectivity index (χ2n) is 8.67. The molecule has 1 aliphatic heterocycles. The van der Waals surface area contributed by atoms with E-state index in [1.807, 2.05) is 30.5 Å².